The number of carbonyl (C=O) groups is 1. The summed E-state index contributed by atoms with van der Waals surface area (Å²) in [6.45, 7) is 8.12. The lowest BCUT2D eigenvalue weighted by Crippen LogP contribution is -2.43. The van der Waals surface area contributed by atoms with Gasteiger partial charge in [0.1, 0.15) is 11.5 Å². The fourth-order valence-electron chi connectivity index (χ4n) is 5.24. The summed E-state index contributed by atoms with van der Waals surface area (Å²) in [5.74, 6) is 0.963. The van der Waals surface area contributed by atoms with Crippen LogP contribution in [0.5, 0.6) is 11.5 Å². The lowest BCUT2D eigenvalue weighted by atomic mass is 9.90. The molecule has 1 saturated heterocycles. The molecule has 1 aliphatic heterocycles. The Morgan fingerprint density at radius 2 is 1.56 bits per heavy atom. The quantitative estimate of drug-likeness (QED) is 0.0968. The lowest BCUT2D eigenvalue weighted by Gasteiger charge is -2.37. The number of aryl methyl sites for hydroxylation is 1. The standard InChI is InChI=1S/C34H40O5/c1-3-4-5-8-25-9-15-31-27(19-25)20-28-21-30(14-16-32(28)31)39-33(35)26-10-12-29(13-11-26)38-18-7-6-17-36-22-34(2)23-37-24-34/h9-16,19,21H,3-8,17-18,20,22-24H2,1-2H3. The fraction of sp³-hybridized carbons (Fsp3) is 0.441. The van der Waals surface area contributed by atoms with Gasteiger partial charge in [0.25, 0.3) is 0 Å². The smallest absolute Gasteiger partial charge is 0.343 e. The molecule has 1 aliphatic carbocycles. The molecule has 0 spiro atoms. The number of carbonyl (C=O) groups excluding carboxylic acids is 1. The van der Waals surface area contributed by atoms with Crippen LogP contribution < -0.4 is 9.47 Å². The summed E-state index contributed by atoms with van der Waals surface area (Å²) in [6, 6.07) is 20.0. The number of unbranched alkanes of at least 4 members (excludes halogenated alkanes) is 3. The number of benzene rings is 3. The van der Waals surface area contributed by atoms with Crippen LogP contribution in [-0.4, -0.2) is 39.0 Å². The van der Waals surface area contributed by atoms with E-state index in [0.717, 1.165) is 57.9 Å². The maximum atomic E-state index is 12.8. The molecular weight excluding hydrogens is 488 g/mol. The van der Waals surface area contributed by atoms with E-state index in [4.69, 9.17) is 18.9 Å². The highest BCUT2D eigenvalue weighted by atomic mass is 16.5. The van der Waals surface area contributed by atoms with Crippen molar-refractivity contribution in [1.29, 1.82) is 0 Å². The zero-order valence-corrected chi connectivity index (χ0v) is 23.3. The van der Waals surface area contributed by atoms with Gasteiger partial charge in [-0.05, 0) is 96.3 Å². The average Bonchev–Trinajstić information content (AvgIpc) is 3.29. The highest BCUT2D eigenvalue weighted by Gasteiger charge is 2.33. The minimum atomic E-state index is -0.363. The van der Waals surface area contributed by atoms with Gasteiger partial charge in [-0.2, -0.15) is 0 Å². The average molecular weight is 529 g/mol. The van der Waals surface area contributed by atoms with Crippen LogP contribution in [0.4, 0.5) is 0 Å². The topological polar surface area (TPSA) is 54.0 Å². The van der Waals surface area contributed by atoms with E-state index in [2.05, 4.69) is 38.1 Å². The van der Waals surface area contributed by atoms with Crippen LogP contribution in [0.25, 0.3) is 11.1 Å². The second-order valence-corrected chi connectivity index (χ2v) is 11.3. The first kappa shape index (κ1) is 27.4. The molecule has 5 nitrogen and oxygen atoms in total. The molecule has 1 fully saturated rings. The molecule has 1 heterocycles. The van der Waals surface area contributed by atoms with Crippen LogP contribution in [0.15, 0.2) is 60.7 Å². The summed E-state index contributed by atoms with van der Waals surface area (Å²) < 4.78 is 22.6. The largest absolute Gasteiger partial charge is 0.494 e. The van der Waals surface area contributed by atoms with Gasteiger partial charge in [-0.3, -0.25) is 0 Å². The molecule has 0 aromatic heterocycles. The fourth-order valence-corrected chi connectivity index (χ4v) is 5.24. The number of ether oxygens (including phenoxy) is 4. The third kappa shape index (κ3) is 7.09. The van der Waals surface area contributed by atoms with Crippen LogP contribution >= 0.6 is 0 Å². The lowest BCUT2D eigenvalue weighted by molar-refractivity contribution is -0.138. The Labute approximate surface area is 232 Å². The molecule has 3 aromatic rings. The van der Waals surface area contributed by atoms with Crippen LogP contribution in [0.2, 0.25) is 0 Å². The Kier molecular flexibility index (Phi) is 9.00. The molecule has 39 heavy (non-hydrogen) atoms. The summed E-state index contributed by atoms with van der Waals surface area (Å²) >= 11 is 0. The normalized spacial score (nSPS) is 14.8. The Morgan fingerprint density at radius 1 is 0.846 bits per heavy atom. The minimum Gasteiger partial charge on any atom is -0.494 e. The predicted octanol–water partition coefficient (Wildman–Crippen LogP) is 7.42. The van der Waals surface area contributed by atoms with Crippen LogP contribution in [0.3, 0.4) is 0 Å². The first-order valence-electron chi connectivity index (χ1n) is 14.4. The van der Waals surface area contributed by atoms with Crippen molar-refractivity contribution in [2.45, 2.75) is 58.8 Å². The Morgan fingerprint density at radius 3 is 2.31 bits per heavy atom. The van der Waals surface area contributed by atoms with Crippen molar-refractivity contribution in [3.63, 3.8) is 0 Å². The van der Waals surface area contributed by atoms with Crippen molar-refractivity contribution in [1.82, 2.24) is 0 Å². The van der Waals surface area contributed by atoms with E-state index < -0.39 is 0 Å². The zero-order chi connectivity index (χ0) is 27.1. The molecule has 2 aliphatic rings. The van der Waals surface area contributed by atoms with Gasteiger partial charge < -0.3 is 18.9 Å². The van der Waals surface area contributed by atoms with Gasteiger partial charge in [0.05, 0.1) is 32.0 Å². The second kappa shape index (κ2) is 12.8. The summed E-state index contributed by atoms with van der Waals surface area (Å²) in [6.07, 6.45) is 7.63. The van der Waals surface area contributed by atoms with Gasteiger partial charge in [0.15, 0.2) is 0 Å². The van der Waals surface area contributed by atoms with Crippen molar-refractivity contribution in [3.05, 3.63) is 82.9 Å². The summed E-state index contributed by atoms with van der Waals surface area (Å²) in [5.41, 5.74) is 7.22. The van der Waals surface area contributed by atoms with E-state index in [1.165, 1.54) is 47.1 Å². The Balaban J connectivity index is 1.06. The number of rotatable bonds is 14. The van der Waals surface area contributed by atoms with Crippen molar-refractivity contribution in [3.8, 4) is 22.6 Å². The van der Waals surface area contributed by atoms with Crippen LogP contribution in [-0.2, 0) is 22.3 Å². The molecule has 0 N–H and O–H groups in total. The third-order valence-electron chi connectivity index (χ3n) is 7.59. The van der Waals surface area contributed by atoms with Gasteiger partial charge in [-0.25, -0.2) is 4.79 Å². The van der Waals surface area contributed by atoms with E-state index in [0.29, 0.717) is 17.9 Å². The monoisotopic (exact) mass is 528 g/mol. The SMILES string of the molecule is CCCCCc1ccc2c(c1)Cc1cc(OC(=O)c3ccc(OCCCCOCC4(C)COC4)cc3)ccc1-2. The number of hydrogen-bond donors (Lipinski definition) is 0. The molecule has 5 heteroatoms. The highest BCUT2D eigenvalue weighted by molar-refractivity contribution is 5.91. The van der Waals surface area contributed by atoms with Crippen LogP contribution in [0, 0.1) is 5.41 Å². The minimum absolute atomic E-state index is 0.198. The maximum absolute atomic E-state index is 12.8. The summed E-state index contributed by atoms with van der Waals surface area (Å²) in [7, 11) is 0. The van der Waals surface area contributed by atoms with Gasteiger partial charge in [0.2, 0.25) is 0 Å². The Bertz CT molecular complexity index is 1260. The molecule has 5 rings (SSSR count). The molecule has 0 amide bonds. The number of fused-ring (bicyclic) bond motifs is 3. The van der Waals surface area contributed by atoms with E-state index >= 15 is 0 Å². The number of esters is 1. The van der Waals surface area contributed by atoms with Gasteiger partial charge >= 0.3 is 5.97 Å². The van der Waals surface area contributed by atoms with E-state index in [9.17, 15) is 4.79 Å². The maximum Gasteiger partial charge on any atom is 0.343 e. The molecule has 0 saturated carbocycles. The molecule has 0 unspecified atom stereocenters. The van der Waals surface area contributed by atoms with Crippen molar-refractivity contribution >= 4 is 5.97 Å². The first-order chi connectivity index (χ1) is 19.0. The third-order valence-corrected chi connectivity index (χ3v) is 7.59. The summed E-state index contributed by atoms with van der Waals surface area (Å²) in [5, 5.41) is 0. The zero-order valence-electron chi connectivity index (χ0n) is 23.3. The molecule has 3 aromatic carbocycles. The van der Waals surface area contributed by atoms with Gasteiger partial charge in [-0.15, -0.1) is 0 Å². The highest BCUT2D eigenvalue weighted by Crippen LogP contribution is 2.39. The molecule has 0 atom stereocenters. The van der Waals surface area contributed by atoms with E-state index in [1.54, 1.807) is 12.1 Å². The molecule has 0 bridgehead atoms. The van der Waals surface area contributed by atoms with Crippen molar-refractivity contribution in [2.75, 3.05) is 33.0 Å². The van der Waals surface area contributed by atoms with Crippen LogP contribution in [0.1, 0.15) is 73.0 Å². The molecular formula is C34H40O5. The molecule has 0 radical (unpaired) electrons. The number of hydrogen-bond acceptors (Lipinski definition) is 5. The summed E-state index contributed by atoms with van der Waals surface area (Å²) in [4.78, 5) is 12.8. The first-order valence-corrected chi connectivity index (χ1v) is 14.4. The second-order valence-electron chi connectivity index (χ2n) is 11.3. The Hall–Kier alpha value is -3.15. The van der Waals surface area contributed by atoms with E-state index in [1.807, 2.05) is 24.3 Å². The van der Waals surface area contributed by atoms with Crippen molar-refractivity contribution in [2.24, 2.45) is 5.41 Å². The van der Waals surface area contributed by atoms with E-state index in [-0.39, 0.29) is 11.4 Å². The molecule has 206 valence electrons. The van der Waals surface area contributed by atoms with Gasteiger partial charge in [-0.1, -0.05) is 51.0 Å². The van der Waals surface area contributed by atoms with Crippen molar-refractivity contribution < 1.29 is 23.7 Å². The predicted molar refractivity (Wildman–Crippen MR) is 154 cm³/mol. The van der Waals surface area contributed by atoms with Gasteiger partial charge in [0, 0.05) is 12.0 Å².